The zero-order valence-electron chi connectivity index (χ0n) is 8.75. The van der Waals surface area contributed by atoms with Gasteiger partial charge in [0, 0.05) is 10.9 Å². The maximum absolute atomic E-state index is 11.2. The SMILES string of the molecule is CC(=O)Cn1c(Br)c(C)c2ccccc21. The zero-order chi connectivity index (χ0) is 11.0. The van der Waals surface area contributed by atoms with Gasteiger partial charge in [0.15, 0.2) is 0 Å². The summed E-state index contributed by atoms with van der Waals surface area (Å²) in [4.78, 5) is 11.2. The van der Waals surface area contributed by atoms with E-state index >= 15 is 0 Å². The summed E-state index contributed by atoms with van der Waals surface area (Å²) in [5, 5.41) is 1.20. The maximum atomic E-state index is 11.2. The molecule has 0 spiro atoms. The van der Waals surface area contributed by atoms with Crippen molar-refractivity contribution in [2.75, 3.05) is 0 Å². The Hall–Kier alpha value is -1.09. The van der Waals surface area contributed by atoms with Crippen LogP contribution >= 0.6 is 15.9 Å². The van der Waals surface area contributed by atoms with Crippen molar-refractivity contribution in [3.63, 3.8) is 0 Å². The monoisotopic (exact) mass is 265 g/mol. The lowest BCUT2D eigenvalue weighted by Gasteiger charge is -2.03. The number of hydrogen-bond acceptors (Lipinski definition) is 1. The van der Waals surface area contributed by atoms with Gasteiger partial charge in [0.2, 0.25) is 0 Å². The van der Waals surface area contributed by atoms with E-state index in [1.165, 1.54) is 10.9 Å². The van der Waals surface area contributed by atoms with Crippen molar-refractivity contribution in [1.82, 2.24) is 4.57 Å². The van der Waals surface area contributed by atoms with Crippen molar-refractivity contribution in [1.29, 1.82) is 0 Å². The van der Waals surface area contributed by atoms with Gasteiger partial charge >= 0.3 is 0 Å². The van der Waals surface area contributed by atoms with E-state index in [1.807, 2.05) is 22.8 Å². The lowest BCUT2D eigenvalue weighted by Crippen LogP contribution is -2.05. The van der Waals surface area contributed by atoms with Gasteiger partial charge in [-0.25, -0.2) is 0 Å². The minimum absolute atomic E-state index is 0.163. The average molecular weight is 266 g/mol. The summed E-state index contributed by atoms with van der Waals surface area (Å²) < 4.78 is 3.01. The Morgan fingerprint density at radius 3 is 2.73 bits per heavy atom. The molecule has 78 valence electrons. The predicted octanol–water partition coefficient (Wildman–Crippen LogP) is 3.30. The molecule has 3 heteroatoms. The van der Waals surface area contributed by atoms with Gasteiger partial charge in [0.25, 0.3) is 0 Å². The maximum Gasteiger partial charge on any atom is 0.149 e. The van der Waals surface area contributed by atoms with Gasteiger partial charge < -0.3 is 4.57 Å². The van der Waals surface area contributed by atoms with Crippen LogP contribution in [-0.2, 0) is 11.3 Å². The summed E-state index contributed by atoms with van der Waals surface area (Å²) in [5.74, 6) is 0.163. The molecule has 0 N–H and O–H groups in total. The third-order valence-electron chi connectivity index (χ3n) is 2.53. The Bertz CT molecular complexity index is 528. The molecule has 2 aromatic rings. The van der Waals surface area contributed by atoms with Gasteiger partial charge in [-0.3, -0.25) is 4.79 Å². The zero-order valence-corrected chi connectivity index (χ0v) is 10.3. The van der Waals surface area contributed by atoms with Crippen molar-refractivity contribution in [3.05, 3.63) is 34.4 Å². The van der Waals surface area contributed by atoms with Crippen molar-refractivity contribution in [2.24, 2.45) is 0 Å². The Morgan fingerprint density at radius 1 is 1.40 bits per heavy atom. The fourth-order valence-electron chi connectivity index (χ4n) is 1.82. The topological polar surface area (TPSA) is 22.0 Å². The minimum Gasteiger partial charge on any atom is -0.328 e. The predicted molar refractivity (Wildman–Crippen MR) is 65.1 cm³/mol. The third kappa shape index (κ3) is 1.72. The first-order valence-electron chi connectivity index (χ1n) is 4.84. The van der Waals surface area contributed by atoms with E-state index in [9.17, 15) is 4.79 Å². The number of para-hydroxylation sites is 1. The van der Waals surface area contributed by atoms with Crippen LogP contribution in [0.1, 0.15) is 12.5 Å². The largest absolute Gasteiger partial charge is 0.328 e. The van der Waals surface area contributed by atoms with Gasteiger partial charge in [-0.05, 0) is 41.4 Å². The molecule has 0 radical (unpaired) electrons. The normalized spacial score (nSPS) is 10.9. The number of aromatic nitrogens is 1. The lowest BCUT2D eigenvalue weighted by molar-refractivity contribution is -0.117. The van der Waals surface area contributed by atoms with Gasteiger partial charge in [-0.15, -0.1) is 0 Å². The molecule has 15 heavy (non-hydrogen) atoms. The molecule has 0 aliphatic rings. The van der Waals surface area contributed by atoms with E-state index in [-0.39, 0.29) is 5.78 Å². The number of carbonyl (C=O) groups excluding carboxylic acids is 1. The number of rotatable bonds is 2. The van der Waals surface area contributed by atoms with Gasteiger partial charge in [-0.2, -0.15) is 0 Å². The van der Waals surface area contributed by atoms with E-state index in [1.54, 1.807) is 6.92 Å². The number of nitrogens with zero attached hydrogens (tertiary/aromatic N) is 1. The van der Waals surface area contributed by atoms with Crippen molar-refractivity contribution < 1.29 is 4.79 Å². The number of fused-ring (bicyclic) bond motifs is 1. The second-order valence-corrected chi connectivity index (χ2v) is 4.47. The highest BCUT2D eigenvalue weighted by Gasteiger charge is 2.11. The summed E-state index contributed by atoms with van der Waals surface area (Å²) in [5.41, 5.74) is 2.30. The highest BCUT2D eigenvalue weighted by molar-refractivity contribution is 9.10. The molecule has 0 unspecified atom stereocenters. The molecule has 0 fully saturated rings. The van der Waals surface area contributed by atoms with Crippen molar-refractivity contribution in [2.45, 2.75) is 20.4 Å². The number of hydrogen-bond donors (Lipinski definition) is 0. The highest BCUT2D eigenvalue weighted by Crippen LogP contribution is 2.29. The van der Waals surface area contributed by atoms with Gasteiger partial charge in [0.1, 0.15) is 5.78 Å². The molecule has 1 aromatic heterocycles. The molecule has 0 amide bonds. The highest BCUT2D eigenvalue weighted by atomic mass is 79.9. The fraction of sp³-hybridized carbons (Fsp3) is 0.250. The molecular formula is C12H12BrNO. The van der Waals surface area contributed by atoms with Crippen LogP contribution in [-0.4, -0.2) is 10.4 Å². The van der Waals surface area contributed by atoms with Crippen LogP contribution in [0.15, 0.2) is 28.9 Å². The Kier molecular flexibility index (Phi) is 2.65. The molecule has 0 saturated carbocycles. The molecule has 0 aliphatic carbocycles. The number of halogens is 1. The minimum atomic E-state index is 0.163. The van der Waals surface area contributed by atoms with Crippen molar-refractivity contribution in [3.8, 4) is 0 Å². The molecule has 2 rings (SSSR count). The first-order valence-corrected chi connectivity index (χ1v) is 5.63. The molecule has 0 bridgehead atoms. The second-order valence-electron chi connectivity index (χ2n) is 3.72. The molecule has 1 heterocycles. The molecular weight excluding hydrogens is 254 g/mol. The Labute approximate surface area is 97.0 Å². The number of Topliss-reactive ketones (excluding diaryl/α,β-unsaturated/α-hetero) is 1. The summed E-state index contributed by atoms with van der Waals surface area (Å²) in [6.45, 7) is 4.09. The first-order chi connectivity index (χ1) is 7.11. The van der Waals surface area contributed by atoms with Crippen LogP contribution in [0.25, 0.3) is 10.9 Å². The standard InChI is InChI=1S/C12H12BrNO/c1-8(15)7-14-11-6-4-3-5-10(11)9(2)12(14)13/h3-6H,7H2,1-2H3. The van der Waals surface area contributed by atoms with Crippen LogP contribution in [0.4, 0.5) is 0 Å². The Balaban J connectivity index is 2.72. The number of aryl methyl sites for hydroxylation is 1. The summed E-state index contributed by atoms with van der Waals surface area (Å²) >= 11 is 3.53. The number of benzene rings is 1. The summed E-state index contributed by atoms with van der Waals surface area (Å²) in [7, 11) is 0. The van der Waals surface area contributed by atoms with Gasteiger partial charge in [0.05, 0.1) is 11.1 Å². The molecule has 0 aliphatic heterocycles. The lowest BCUT2D eigenvalue weighted by atomic mass is 10.2. The smallest absolute Gasteiger partial charge is 0.149 e. The van der Waals surface area contributed by atoms with E-state index in [4.69, 9.17) is 0 Å². The van der Waals surface area contributed by atoms with E-state index in [0.29, 0.717) is 6.54 Å². The van der Waals surface area contributed by atoms with Crippen LogP contribution in [0.3, 0.4) is 0 Å². The fourth-order valence-corrected chi connectivity index (χ4v) is 2.35. The summed E-state index contributed by atoms with van der Waals surface area (Å²) in [6.07, 6.45) is 0. The van der Waals surface area contributed by atoms with E-state index < -0.39 is 0 Å². The molecule has 0 atom stereocenters. The first kappa shape index (κ1) is 10.4. The summed E-state index contributed by atoms with van der Waals surface area (Å²) in [6, 6.07) is 8.12. The third-order valence-corrected chi connectivity index (χ3v) is 3.55. The number of carbonyl (C=O) groups is 1. The second kappa shape index (κ2) is 3.81. The van der Waals surface area contributed by atoms with Crippen LogP contribution < -0.4 is 0 Å². The van der Waals surface area contributed by atoms with E-state index in [2.05, 4.69) is 28.9 Å². The average Bonchev–Trinajstić information content (AvgIpc) is 2.44. The number of ketones is 1. The van der Waals surface area contributed by atoms with Crippen LogP contribution in [0, 0.1) is 6.92 Å². The van der Waals surface area contributed by atoms with Crippen molar-refractivity contribution >= 4 is 32.6 Å². The molecule has 1 aromatic carbocycles. The molecule has 2 nitrogen and oxygen atoms in total. The van der Waals surface area contributed by atoms with Gasteiger partial charge in [-0.1, -0.05) is 18.2 Å². The molecule has 0 saturated heterocycles. The van der Waals surface area contributed by atoms with Crippen LogP contribution in [0.2, 0.25) is 0 Å². The Morgan fingerprint density at radius 2 is 2.07 bits per heavy atom. The van der Waals surface area contributed by atoms with E-state index in [0.717, 1.165) is 10.1 Å². The quantitative estimate of drug-likeness (QED) is 0.817. The van der Waals surface area contributed by atoms with Crippen LogP contribution in [0.5, 0.6) is 0 Å².